The predicted molar refractivity (Wildman–Crippen MR) is 233 cm³/mol. The molecule has 4 aromatic heterocycles. The summed E-state index contributed by atoms with van der Waals surface area (Å²) >= 11 is 0. The van der Waals surface area contributed by atoms with E-state index >= 15 is 0 Å². The van der Waals surface area contributed by atoms with E-state index in [9.17, 15) is 0 Å². The third-order valence-electron chi connectivity index (χ3n) is 11.7. The molecule has 0 radical (unpaired) electrons. The van der Waals surface area contributed by atoms with E-state index < -0.39 is 8.07 Å². The summed E-state index contributed by atoms with van der Waals surface area (Å²) in [7, 11) is -2.95. The molecule has 0 spiro atoms. The van der Waals surface area contributed by atoms with Crippen LogP contribution in [0, 0.1) is 0 Å². The number of para-hydroxylation sites is 5. The molecule has 0 saturated carbocycles. The van der Waals surface area contributed by atoms with Crippen LogP contribution in [0.5, 0.6) is 0 Å². The highest BCUT2D eigenvalue weighted by molar-refractivity contribution is 7.21. The molecule has 1 unspecified atom stereocenters. The van der Waals surface area contributed by atoms with E-state index in [-0.39, 0.29) is 0 Å². The van der Waals surface area contributed by atoms with Gasteiger partial charge in [0, 0.05) is 32.8 Å². The number of hydrogen-bond acceptors (Lipinski definition) is 3. The van der Waals surface area contributed by atoms with Crippen LogP contribution in [0.1, 0.15) is 0 Å². The Kier molecular flexibility index (Phi) is 6.85. The van der Waals surface area contributed by atoms with Gasteiger partial charge in [-0.05, 0) is 79.2 Å². The minimum atomic E-state index is -2.95. The number of rotatable bonds is 5. The molecule has 7 aromatic carbocycles. The molecular weight excluding hydrogens is 713 g/mol. The van der Waals surface area contributed by atoms with Crippen LogP contribution in [0.15, 0.2) is 200 Å². The lowest BCUT2D eigenvalue weighted by molar-refractivity contribution is -0.603. The SMILES string of the molecule is c1ccc([Si]2(c3cccc(-c4nc(-n5c6ccccc6c6ccccc65)nc(-[n+]5ccccc5)n4)c3)c3ccccc3-n3c4ccccc4c4cccc2c43)cc1. The van der Waals surface area contributed by atoms with E-state index in [4.69, 9.17) is 15.0 Å². The molecule has 0 N–H and O–H groups in total. The molecule has 7 heteroatoms. The first-order valence-electron chi connectivity index (χ1n) is 19.3. The number of hydrogen-bond donors (Lipinski definition) is 0. The number of aromatic nitrogens is 6. The Morgan fingerprint density at radius 2 is 0.982 bits per heavy atom. The van der Waals surface area contributed by atoms with Crippen molar-refractivity contribution in [3.05, 3.63) is 200 Å². The van der Waals surface area contributed by atoms with E-state index in [1.54, 1.807) is 0 Å². The largest absolute Gasteiger partial charge is 0.443 e. The maximum Gasteiger partial charge on any atom is 0.443 e. The van der Waals surface area contributed by atoms with Gasteiger partial charge >= 0.3 is 11.9 Å². The predicted octanol–water partition coefficient (Wildman–Crippen LogP) is 7.70. The summed E-state index contributed by atoms with van der Waals surface area (Å²) in [6, 6.07) is 67.9. The fourth-order valence-corrected chi connectivity index (χ4v) is 14.6. The second kappa shape index (κ2) is 12.3. The van der Waals surface area contributed by atoms with Crippen LogP contribution >= 0.6 is 0 Å². The van der Waals surface area contributed by atoms with Crippen molar-refractivity contribution in [3.8, 4) is 29.0 Å². The molecule has 12 rings (SSSR count). The molecule has 0 aliphatic carbocycles. The van der Waals surface area contributed by atoms with Crippen molar-refractivity contribution in [3.63, 3.8) is 0 Å². The van der Waals surface area contributed by atoms with Crippen molar-refractivity contribution >= 4 is 72.4 Å². The van der Waals surface area contributed by atoms with E-state index in [1.165, 1.54) is 48.2 Å². The summed E-state index contributed by atoms with van der Waals surface area (Å²) in [6.45, 7) is 0. The van der Waals surface area contributed by atoms with Crippen molar-refractivity contribution in [1.29, 1.82) is 0 Å². The van der Waals surface area contributed by atoms with Crippen LogP contribution < -0.4 is 25.3 Å². The minimum absolute atomic E-state index is 0.551. The van der Waals surface area contributed by atoms with Crippen LogP contribution in [0.2, 0.25) is 0 Å². The summed E-state index contributed by atoms with van der Waals surface area (Å²) in [5.74, 6) is 1.74. The standard InChI is InChI=1S/C50H33N6Si/c1-3-18-35(19-4-1)57(45-29-12-11-28-44(45)55-41-25-8-7-23-39(41)40-24-16-30-46(57)47(40)55)36-20-15-17-34(33-36)48-51-49(54-31-13-2-14-32-54)53-50(52-48)56-42-26-9-5-21-37(42)38-22-6-10-27-43(38)56/h1-33H/q+1. The van der Waals surface area contributed by atoms with Crippen molar-refractivity contribution in [2.24, 2.45) is 0 Å². The molecule has 0 fully saturated rings. The van der Waals surface area contributed by atoms with Gasteiger partial charge in [0.1, 0.15) is 0 Å². The maximum absolute atomic E-state index is 5.34. The normalized spacial score (nSPS) is 14.7. The Labute approximate surface area is 329 Å². The summed E-state index contributed by atoms with van der Waals surface area (Å²) in [5.41, 5.74) is 6.78. The quantitative estimate of drug-likeness (QED) is 0.134. The number of fused-ring (bicyclic) bond motifs is 8. The number of benzene rings is 7. The Morgan fingerprint density at radius 1 is 0.421 bits per heavy atom. The lowest BCUT2D eigenvalue weighted by atomic mass is 10.1. The van der Waals surface area contributed by atoms with Crippen molar-refractivity contribution in [2.45, 2.75) is 0 Å². The highest BCUT2D eigenvalue weighted by Gasteiger charge is 2.47. The first-order valence-corrected chi connectivity index (χ1v) is 21.3. The van der Waals surface area contributed by atoms with Crippen LogP contribution in [0.25, 0.3) is 72.6 Å². The molecule has 6 nitrogen and oxygen atoms in total. The highest BCUT2D eigenvalue weighted by Crippen LogP contribution is 2.36. The topological polar surface area (TPSA) is 52.4 Å². The summed E-state index contributed by atoms with van der Waals surface area (Å²) < 4.78 is 6.63. The van der Waals surface area contributed by atoms with Crippen molar-refractivity contribution in [1.82, 2.24) is 24.1 Å². The summed E-state index contributed by atoms with van der Waals surface area (Å²) in [6.07, 6.45) is 3.97. The van der Waals surface area contributed by atoms with E-state index in [2.05, 4.69) is 179 Å². The Hall–Kier alpha value is -7.48. The van der Waals surface area contributed by atoms with Gasteiger partial charge in [-0.2, -0.15) is 4.98 Å². The molecule has 0 saturated heterocycles. The fourth-order valence-electron chi connectivity index (χ4n) is 9.44. The van der Waals surface area contributed by atoms with Crippen molar-refractivity contribution < 1.29 is 4.57 Å². The Bertz CT molecular complexity index is 3320. The lowest BCUT2D eigenvalue weighted by Gasteiger charge is -2.39. The molecular formula is C50H33N6Si+. The Morgan fingerprint density at radius 3 is 1.74 bits per heavy atom. The second-order valence-electron chi connectivity index (χ2n) is 14.7. The van der Waals surface area contributed by atoms with Crippen LogP contribution in [0.3, 0.4) is 0 Å². The zero-order valence-electron chi connectivity index (χ0n) is 30.7. The maximum atomic E-state index is 5.34. The van der Waals surface area contributed by atoms with Gasteiger partial charge in [0.25, 0.3) is 0 Å². The van der Waals surface area contributed by atoms with Gasteiger partial charge in [-0.25, -0.2) is 4.57 Å². The van der Waals surface area contributed by atoms with E-state index in [0.717, 1.165) is 27.4 Å². The fraction of sp³-hybridized carbons (Fsp3) is 0. The zero-order chi connectivity index (χ0) is 37.5. The van der Waals surface area contributed by atoms with Crippen LogP contribution in [-0.4, -0.2) is 32.2 Å². The number of pyridine rings is 1. The highest BCUT2D eigenvalue weighted by atomic mass is 28.3. The minimum Gasteiger partial charge on any atom is -0.309 e. The zero-order valence-corrected chi connectivity index (χ0v) is 31.7. The van der Waals surface area contributed by atoms with E-state index in [1.807, 2.05) is 35.2 Å². The second-order valence-corrected chi connectivity index (χ2v) is 18.4. The first-order chi connectivity index (χ1) is 28.3. The first kappa shape index (κ1) is 31.8. The average molecular weight is 746 g/mol. The monoisotopic (exact) mass is 745 g/mol. The van der Waals surface area contributed by atoms with E-state index in [0.29, 0.717) is 17.7 Å². The van der Waals surface area contributed by atoms with Crippen LogP contribution in [0.4, 0.5) is 0 Å². The van der Waals surface area contributed by atoms with Gasteiger partial charge in [-0.1, -0.05) is 140 Å². The molecule has 1 aliphatic rings. The molecule has 11 aromatic rings. The molecule has 0 bridgehead atoms. The molecule has 266 valence electrons. The van der Waals surface area contributed by atoms with Gasteiger partial charge in [-0.3, -0.25) is 4.57 Å². The summed E-state index contributed by atoms with van der Waals surface area (Å²) in [4.78, 5) is 15.7. The molecule has 0 amide bonds. The summed E-state index contributed by atoms with van der Waals surface area (Å²) in [5, 5.41) is 10.2. The van der Waals surface area contributed by atoms with Gasteiger partial charge in [0.05, 0.1) is 34.5 Å². The number of nitrogens with zero attached hydrogens (tertiary/aromatic N) is 6. The van der Waals surface area contributed by atoms with Gasteiger partial charge in [-0.15, -0.1) is 0 Å². The molecule has 5 heterocycles. The van der Waals surface area contributed by atoms with Gasteiger partial charge in [0.2, 0.25) is 5.82 Å². The Balaban J connectivity index is 1.16. The lowest BCUT2D eigenvalue weighted by Crippen LogP contribution is -2.76. The molecule has 1 aliphatic heterocycles. The smallest absolute Gasteiger partial charge is 0.309 e. The van der Waals surface area contributed by atoms with Crippen molar-refractivity contribution in [2.75, 3.05) is 0 Å². The third kappa shape index (κ3) is 4.51. The van der Waals surface area contributed by atoms with Gasteiger partial charge < -0.3 is 4.57 Å². The average Bonchev–Trinajstić information content (AvgIpc) is 3.81. The molecule has 57 heavy (non-hydrogen) atoms. The van der Waals surface area contributed by atoms with Gasteiger partial charge in [0.15, 0.2) is 8.07 Å². The third-order valence-corrected chi connectivity index (χ3v) is 16.6. The molecule has 1 atom stereocenters. The van der Waals surface area contributed by atoms with Crippen LogP contribution in [-0.2, 0) is 0 Å².